The quantitative estimate of drug-likeness (QED) is 0.397. The Morgan fingerprint density at radius 2 is 1.58 bits per heavy atom. The standard InChI is InChI=1S/C37H39N3O5/c1-3-20-38-21-10-18-36(4-2)30(33(38)42)31-34(43)40(29(24-41)26-13-6-5-7-14-26)32-35(44)39(22-11-19-37(31,32)45-36)28-17-16-25-12-8-9-15-27(25)23-28/h5-19,23,29-32,41H,3-4,20-22,24H2,1-2H3/t29-,30+,31+,32?,36-,37+/m1/s1. The summed E-state index contributed by atoms with van der Waals surface area (Å²) < 4.78 is 7.12. The summed E-state index contributed by atoms with van der Waals surface area (Å²) in [5.41, 5.74) is -1.03. The maximum absolute atomic E-state index is 15.0. The van der Waals surface area contributed by atoms with Crippen LogP contribution in [0, 0.1) is 11.8 Å². The van der Waals surface area contributed by atoms with Gasteiger partial charge < -0.3 is 24.5 Å². The highest BCUT2D eigenvalue weighted by Crippen LogP contribution is 2.59. The summed E-state index contributed by atoms with van der Waals surface area (Å²) in [4.78, 5) is 49.4. The molecule has 4 aliphatic rings. The van der Waals surface area contributed by atoms with Crippen molar-refractivity contribution in [2.75, 3.05) is 31.1 Å². The van der Waals surface area contributed by atoms with E-state index in [9.17, 15) is 14.7 Å². The third-order valence-electron chi connectivity index (χ3n) is 10.2. The smallest absolute Gasteiger partial charge is 0.253 e. The molecule has 0 bridgehead atoms. The van der Waals surface area contributed by atoms with Crippen LogP contribution >= 0.6 is 0 Å². The molecular formula is C37H39N3O5. The van der Waals surface area contributed by atoms with Crippen LogP contribution in [-0.2, 0) is 19.1 Å². The van der Waals surface area contributed by atoms with Crippen LogP contribution in [0.1, 0.15) is 38.3 Å². The number of hydrogen-bond acceptors (Lipinski definition) is 5. The SMILES string of the molecule is CCCN1CC=C[C@@]2(CC)O[C@]34C=CCN(c5ccc6ccccc6c5)C(=O)C3N([C@H](CO)c3ccccc3)C(=O)[C@@H]4[C@H]2C1=O. The van der Waals surface area contributed by atoms with Gasteiger partial charge in [0.15, 0.2) is 0 Å². The van der Waals surface area contributed by atoms with Crippen molar-refractivity contribution in [3.63, 3.8) is 0 Å². The molecule has 232 valence electrons. The molecule has 3 aromatic rings. The van der Waals surface area contributed by atoms with Crippen molar-refractivity contribution in [1.82, 2.24) is 9.80 Å². The number of aliphatic hydroxyl groups excluding tert-OH is 1. The summed E-state index contributed by atoms with van der Waals surface area (Å²) >= 11 is 0. The van der Waals surface area contributed by atoms with Gasteiger partial charge in [-0.25, -0.2) is 0 Å². The van der Waals surface area contributed by atoms with Gasteiger partial charge in [0, 0.05) is 25.3 Å². The second-order valence-corrected chi connectivity index (χ2v) is 12.5. The number of hydrogen-bond donors (Lipinski definition) is 1. The fourth-order valence-corrected chi connectivity index (χ4v) is 8.16. The van der Waals surface area contributed by atoms with Gasteiger partial charge >= 0.3 is 0 Å². The number of carbonyl (C=O) groups excluding carboxylic acids is 3. The van der Waals surface area contributed by atoms with Crippen LogP contribution in [0.4, 0.5) is 5.69 Å². The van der Waals surface area contributed by atoms with Crippen molar-refractivity contribution in [2.45, 2.75) is 50.0 Å². The van der Waals surface area contributed by atoms with E-state index in [0.29, 0.717) is 30.8 Å². The molecule has 2 saturated heterocycles. The van der Waals surface area contributed by atoms with Crippen molar-refractivity contribution in [2.24, 2.45) is 11.8 Å². The molecule has 8 heteroatoms. The largest absolute Gasteiger partial charge is 0.394 e. The number of rotatable bonds is 7. The van der Waals surface area contributed by atoms with Gasteiger partial charge in [-0.3, -0.25) is 14.4 Å². The predicted octanol–water partition coefficient (Wildman–Crippen LogP) is 4.65. The van der Waals surface area contributed by atoms with Gasteiger partial charge in [0.05, 0.1) is 30.1 Å². The lowest BCUT2D eigenvalue weighted by molar-refractivity contribution is -0.152. The molecule has 6 atom stereocenters. The minimum Gasteiger partial charge on any atom is -0.394 e. The Morgan fingerprint density at radius 1 is 0.844 bits per heavy atom. The summed E-state index contributed by atoms with van der Waals surface area (Å²) in [6, 6.07) is 21.3. The Hall–Kier alpha value is -4.27. The Kier molecular flexibility index (Phi) is 7.37. The molecule has 3 amide bonds. The van der Waals surface area contributed by atoms with Gasteiger partial charge in [-0.15, -0.1) is 0 Å². The first-order chi connectivity index (χ1) is 21.9. The van der Waals surface area contributed by atoms with Crippen LogP contribution < -0.4 is 4.90 Å². The molecule has 0 radical (unpaired) electrons. The van der Waals surface area contributed by atoms with E-state index in [1.54, 1.807) is 9.80 Å². The third kappa shape index (κ3) is 4.37. The lowest BCUT2D eigenvalue weighted by Crippen LogP contribution is -2.57. The van der Waals surface area contributed by atoms with Gasteiger partial charge in [-0.05, 0) is 41.3 Å². The zero-order valence-electron chi connectivity index (χ0n) is 25.7. The van der Waals surface area contributed by atoms with Crippen LogP contribution in [0.25, 0.3) is 10.8 Å². The van der Waals surface area contributed by atoms with Crippen molar-refractivity contribution in [3.05, 3.63) is 103 Å². The van der Waals surface area contributed by atoms with Gasteiger partial charge in [0.25, 0.3) is 5.91 Å². The topological polar surface area (TPSA) is 90.4 Å². The summed E-state index contributed by atoms with van der Waals surface area (Å²) in [5, 5.41) is 12.9. The number of amides is 3. The average molecular weight is 606 g/mol. The van der Waals surface area contributed by atoms with Gasteiger partial charge in [-0.2, -0.15) is 0 Å². The molecule has 0 saturated carbocycles. The number of ether oxygens (including phenoxy) is 1. The Balaban J connectivity index is 1.41. The molecule has 4 aliphatic heterocycles. The van der Waals surface area contributed by atoms with E-state index in [2.05, 4.69) is 0 Å². The zero-order valence-corrected chi connectivity index (χ0v) is 25.7. The molecule has 4 heterocycles. The number of aliphatic hydroxyl groups is 1. The summed E-state index contributed by atoms with van der Waals surface area (Å²) in [6.45, 7) is 4.90. The normalized spacial score (nSPS) is 29.9. The Labute approximate surface area is 263 Å². The highest BCUT2D eigenvalue weighted by atomic mass is 16.5. The second-order valence-electron chi connectivity index (χ2n) is 12.5. The molecule has 1 spiro atoms. The number of benzene rings is 3. The van der Waals surface area contributed by atoms with E-state index in [4.69, 9.17) is 4.74 Å². The molecule has 8 nitrogen and oxygen atoms in total. The maximum Gasteiger partial charge on any atom is 0.253 e. The Bertz CT molecular complexity index is 1700. The van der Waals surface area contributed by atoms with E-state index in [-0.39, 0.29) is 30.9 Å². The highest BCUT2D eigenvalue weighted by Gasteiger charge is 2.76. The second kappa shape index (κ2) is 11.3. The van der Waals surface area contributed by atoms with Crippen LogP contribution in [0.15, 0.2) is 97.1 Å². The van der Waals surface area contributed by atoms with Gasteiger partial charge in [-0.1, -0.05) is 98.8 Å². The van der Waals surface area contributed by atoms with Gasteiger partial charge in [0.1, 0.15) is 11.6 Å². The minimum atomic E-state index is -1.40. The number of nitrogens with zero attached hydrogens (tertiary/aromatic N) is 3. The molecular weight excluding hydrogens is 566 g/mol. The van der Waals surface area contributed by atoms with Crippen LogP contribution in [-0.4, -0.2) is 76.1 Å². The van der Waals surface area contributed by atoms with E-state index in [1.165, 1.54) is 4.90 Å². The fourth-order valence-electron chi connectivity index (χ4n) is 8.16. The molecule has 2 fully saturated rings. The zero-order chi connectivity index (χ0) is 31.3. The molecule has 1 unspecified atom stereocenters. The molecule has 45 heavy (non-hydrogen) atoms. The molecule has 1 N–H and O–H groups in total. The van der Waals surface area contributed by atoms with E-state index in [1.807, 2.05) is 111 Å². The average Bonchev–Trinajstić information content (AvgIpc) is 3.36. The lowest BCUT2D eigenvalue weighted by atomic mass is 9.73. The summed E-state index contributed by atoms with van der Waals surface area (Å²) in [7, 11) is 0. The first kappa shape index (κ1) is 29.4. The first-order valence-electron chi connectivity index (χ1n) is 16.0. The predicted molar refractivity (Wildman–Crippen MR) is 172 cm³/mol. The van der Waals surface area contributed by atoms with Gasteiger partial charge in [0.2, 0.25) is 11.8 Å². The van der Waals surface area contributed by atoms with Crippen LogP contribution in [0.2, 0.25) is 0 Å². The molecule has 7 rings (SSSR count). The summed E-state index contributed by atoms with van der Waals surface area (Å²) in [6.07, 6.45) is 8.95. The number of carbonyl (C=O) groups is 3. The highest BCUT2D eigenvalue weighted by molar-refractivity contribution is 6.07. The fraction of sp³-hybridized carbons (Fsp3) is 0.378. The summed E-state index contributed by atoms with van der Waals surface area (Å²) in [5.74, 6) is -2.53. The number of likely N-dealkylation sites (tertiary alicyclic amines) is 1. The Morgan fingerprint density at radius 3 is 2.31 bits per heavy atom. The monoisotopic (exact) mass is 605 g/mol. The third-order valence-corrected chi connectivity index (χ3v) is 10.2. The van der Waals surface area contributed by atoms with E-state index >= 15 is 4.79 Å². The van der Waals surface area contributed by atoms with Crippen LogP contribution in [0.3, 0.4) is 0 Å². The number of anilines is 1. The molecule has 0 aromatic heterocycles. The minimum absolute atomic E-state index is 0.128. The van der Waals surface area contributed by atoms with E-state index < -0.39 is 35.1 Å². The van der Waals surface area contributed by atoms with Crippen molar-refractivity contribution in [3.8, 4) is 0 Å². The van der Waals surface area contributed by atoms with Crippen molar-refractivity contribution >= 4 is 34.2 Å². The lowest BCUT2D eigenvalue weighted by Gasteiger charge is -2.41. The number of fused-ring (bicyclic) bond motifs is 3. The van der Waals surface area contributed by atoms with Crippen LogP contribution in [0.5, 0.6) is 0 Å². The van der Waals surface area contributed by atoms with E-state index in [0.717, 1.165) is 17.2 Å². The molecule has 0 aliphatic carbocycles. The van der Waals surface area contributed by atoms with Crippen molar-refractivity contribution < 1.29 is 24.2 Å². The first-order valence-corrected chi connectivity index (χ1v) is 16.0. The molecule has 3 aromatic carbocycles. The van der Waals surface area contributed by atoms with Crippen molar-refractivity contribution in [1.29, 1.82) is 0 Å². The maximum atomic E-state index is 15.0.